The number of para-hydroxylation sites is 1. The highest BCUT2D eigenvalue weighted by Crippen LogP contribution is 2.30. The topological polar surface area (TPSA) is 30.0 Å². The summed E-state index contributed by atoms with van der Waals surface area (Å²) in [7, 11) is 4.15. The Bertz CT molecular complexity index is 457. The van der Waals surface area contributed by atoms with Gasteiger partial charge in [-0.25, -0.2) is 4.39 Å². The van der Waals surface area contributed by atoms with E-state index in [-0.39, 0.29) is 5.82 Å². The molecule has 1 atom stereocenters. The van der Waals surface area contributed by atoms with Gasteiger partial charge in [0.25, 0.3) is 0 Å². The van der Waals surface area contributed by atoms with Crippen LogP contribution in [0.2, 0.25) is 0 Å². The highest BCUT2D eigenvalue weighted by atomic mass is 19.1. The van der Waals surface area contributed by atoms with Gasteiger partial charge in [0.15, 0.2) is 0 Å². The second kappa shape index (κ2) is 7.20. The number of nitrogens with zero attached hydrogens (tertiary/aromatic N) is 3. The number of aliphatic hydroxyl groups is 1. The third-order valence-corrected chi connectivity index (χ3v) is 4.02. The zero-order valence-corrected chi connectivity index (χ0v) is 13.2. The van der Waals surface area contributed by atoms with E-state index in [1.54, 1.807) is 13.0 Å². The quantitative estimate of drug-likeness (QED) is 0.893. The monoisotopic (exact) mass is 295 g/mol. The van der Waals surface area contributed by atoms with Crippen molar-refractivity contribution in [2.45, 2.75) is 13.0 Å². The smallest absolute Gasteiger partial charge is 0.146 e. The minimum atomic E-state index is -0.650. The van der Waals surface area contributed by atoms with Crippen molar-refractivity contribution in [2.75, 3.05) is 58.3 Å². The van der Waals surface area contributed by atoms with Crippen LogP contribution in [0.25, 0.3) is 0 Å². The summed E-state index contributed by atoms with van der Waals surface area (Å²) >= 11 is 0. The van der Waals surface area contributed by atoms with E-state index < -0.39 is 6.10 Å². The number of hydrogen-bond acceptors (Lipinski definition) is 4. The third kappa shape index (κ3) is 4.15. The number of aliphatic hydroxyl groups excluding tert-OH is 1. The predicted octanol–water partition coefficient (Wildman–Crippen LogP) is 1.56. The van der Waals surface area contributed by atoms with E-state index in [0.717, 1.165) is 39.3 Å². The first-order valence-corrected chi connectivity index (χ1v) is 7.57. The maximum Gasteiger partial charge on any atom is 0.146 e. The summed E-state index contributed by atoms with van der Waals surface area (Å²) in [4.78, 5) is 6.64. The second-order valence-electron chi connectivity index (χ2n) is 5.99. The first-order chi connectivity index (χ1) is 9.99. The van der Waals surface area contributed by atoms with Crippen molar-refractivity contribution in [3.63, 3.8) is 0 Å². The van der Waals surface area contributed by atoms with Gasteiger partial charge >= 0.3 is 0 Å². The molecule has 0 spiro atoms. The molecule has 21 heavy (non-hydrogen) atoms. The summed E-state index contributed by atoms with van der Waals surface area (Å²) in [6.45, 7) is 7.23. The lowest BCUT2D eigenvalue weighted by atomic mass is 10.1. The number of piperazine rings is 1. The fourth-order valence-corrected chi connectivity index (χ4v) is 2.74. The Kier molecular flexibility index (Phi) is 5.56. The number of hydrogen-bond donors (Lipinski definition) is 1. The lowest BCUT2D eigenvalue weighted by Gasteiger charge is -2.37. The van der Waals surface area contributed by atoms with Gasteiger partial charge in [-0.3, -0.25) is 4.90 Å². The average molecular weight is 295 g/mol. The van der Waals surface area contributed by atoms with Gasteiger partial charge in [0.2, 0.25) is 0 Å². The highest BCUT2D eigenvalue weighted by molar-refractivity contribution is 5.56. The van der Waals surface area contributed by atoms with Crippen molar-refractivity contribution in [3.05, 3.63) is 29.6 Å². The molecule has 1 aliphatic heterocycles. The van der Waals surface area contributed by atoms with E-state index in [0.29, 0.717) is 11.3 Å². The second-order valence-corrected chi connectivity index (χ2v) is 5.99. The Morgan fingerprint density at radius 1 is 1.24 bits per heavy atom. The number of likely N-dealkylation sites (N-methyl/N-ethyl adjacent to an activating group) is 1. The van der Waals surface area contributed by atoms with Crippen LogP contribution in [0.1, 0.15) is 18.6 Å². The molecule has 1 unspecified atom stereocenters. The standard InChI is InChI=1S/C16H26FN3O/c1-13(21)14-5-4-6-15(17)16(14)20-11-9-19(10-12-20)8-7-18(2)3/h4-6,13,21H,7-12H2,1-3H3. The van der Waals surface area contributed by atoms with Crippen LogP contribution in [0.4, 0.5) is 10.1 Å². The van der Waals surface area contributed by atoms with E-state index in [9.17, 15) is 9.50 Å². The molecule has 1 heterocycles. The van der Waals surface area contributed by atoms with E-state index in [1.807, 2.05) is 6.07 Å². The number of halogens is 1. The summed E-state index contributed by atoms with van der Waals surface area (Å²) in [5.74, 6) is -0.241. The van der Waals surface area contributed by atoms with E-state index >= 15 is 0 Å². The van der Waals surface area contributed by atoms with Gasteiger partial charge in [-0.1, -0.05) is 12.1 Å². The Balaban J connectivity index is 2.02. The van der Waals surface area contributed by atoms with Crippen molar-refractivity contribution >= 4 is 5.69 Å². The van der Waals surface area contributed by atoms with Crippen molar-refractivity contribution < 1.29 is 9.50 Å². The van der Waals surface area contributed by atoms with Crippen LogP contribution < -0.4 is 4.90 Å². The van der Waals surface area contributed by atoms with Crippen molar-refractivity contribution in [3.8, 4) is 0 Å². The van der Waals surface area contributed by atoms with E-state index in [2.05, 4.69) is 28.8 Å². The molecule has 1 N–H and O–H groups in total. The Labute approximate surface area is 126 Å². The molecule has 2 rings (SSSR count). The van der Waals surface area contributed by atoms with Gasteiger partial charge in [-0.05, 0) is 27.1 Å². The van der Waals surface area contributed by atoms with Crippen LogP contribution >= 0.6 is 0 Å². The van der Waals surface area contributed by atoms with Gasteiger partial charge in [0.05, 0.1) is 11.8 Å². The zero-order valence-electron chi connectivity index (χ0n) is 13.2. The fraction of sp³-hybridized carbons (Fsp3) is 0.625. The van der Waals surface area contributed by atoms with Gasteiger partial charge in [-0.15, -0.1) is 0 Å². The minimum Gasteiger partial charge on any atom is -0.389 e. The molecule has 4 nitrogen and oxygen atoms in total. The van der Waals surface area contributed by atoms with Crippen LogP contribution in [-0.2, 0) is 0 Å². The summed E-state index contributed by atoms with van der Waals surface area (Å²) < 4.78 is 14.2. The Morgan fingerprint density at radius 2 is 1.90 bits per heavy atom. The molecule has 0 aromatic heterocycles. The van der Waals surface area contributed by atoms with Crippen LogP contribution in [-0.4, -0.2) is 68.3 Å². The summed E-state index contributed by atoms with van der Waals surface area (Å²) in [5.41, 5.74) is 1.25. The number of benzene rings is 1. The maximum atomic E-state index is 14.2. The average Bonchev–Trinajstić information content (AvgIpc) is 2.45. The first-order valence-electron chi connectivity index (χ1n) is 7.57. The summed E-state index contributed by atoms with van der Waals surface area (Å²) in [6, 6.07) is 4.94. The van der Waals surface area contributed by atoms with Crippen molar-refractivity contribution in [1.82, 2.24) is 9.80 Å². The molecule has 0 aliphatic carbocycles. The molecular formula is C16H26FN3O. The summed E-state index contributed by atoms with van der Waals surface area (Å²) in [6.07, 6.45) is -0.650. The molecule has 1 aliphatic rings. The lowest BCUT2D eigenvalue weighted by Crippen LogP contribution is -2.48. The Hall–Kier alpha value is -1.17. The molecule has 1 aromatic rings. The van der Waals surface area contributed by atoms with Gasteiger partial charge in [0, 0.05) is 44.8 Å². The molecule has 1 fully saturated rings. The van der Waals surface area contributed by atoms with Gasteiger partial charge < -0.3 is 14.9 Å². The molecular weight excluding hydrogens is 269 g/mol. The van der Waals surface area contributed by atoms with Crippen molar-refractivity contribution in [1.29, 1.82) is 0 Å². The van der Waals surface area contributed by atoms with Crippen molar-refractivity contribution in [2.24, 2.45) is 0 Å². The third-order valence-electron chi connectivity index (χ3n) is 4.02. The predicted molar refractivity (Wildman–Crippen MR) is 84.2 cm³/mol. The van der Waals surface area contributed by atoms with E-state index in [1.165, 1.54) is 6.07 Å². The van der Waals surface area contributed by atoms with Gasteiger partial charge in [0.1, 0.15) is 5.82 Å². The van der Waals surface area contributed by atoms with Crippen LogP contribution in [0.5, 0.6) is 0 Å². The molecule has 118 valence electrons. The minimum absolute atomic E-state index is 0.241. The number of rotatable bonds is 5. The largest absolute Gasteiger partial charge is 0.389 e. The van der Waals surface area contributed by atoms with Crippen LogP contribution in [0.15, 0.2) is 18.2 Å². The van der Waals surface area contributed by atoms with Crippen LogP contribution in [0.3, 0.4) is 0 Å². The Morgan fingerprint density at radius 3 is 2.48 bits per heavy atom. The highest BCUT2D eigenvalue weighted by Gasteiger charge is 2.23. The normalized spacial score (nSPS) is 18.3. The lowest BCUT2D eigenvalue weighted by molar-refractivity contribution is 0.198. The van der Waals surface area contributed by atoms with E-state index in [4.69, 9.17) is 0 Å². The molecule has 5 heteroatoms. The van der Waals surface area contributed by atoms with Crippen LogP contribution in [0, 0.1) is 5.82 Å². The summed E-state index contributed by atoms with van der Waals surface area (Å²) in [5, 5.41) is 9.85. The molecule has 1 saturated heterocycles. The first kappa shape index (κ1) is 16.2. The molecule has 0 radical (unpaired) electrons. The molecule has 0 bridgehead atoms. The zero-order chi connectivity index (χ0) is 15.4. The molecule has 0 amide bonds. The maximum absolute atomic E-state index is 14.2. The molecule has 0 saturated carbocycles. The number of anilines is 1. The SMILES string of the molecule is CC(O)c1cccc(F)c1N1CCN(CCN(C)C)CC1. The fourth-order valence-electron chi connectivity index (χ4n) is 2.74. The molecule has 1 aromatic carbocycles. The van der Waals surface area contributed by atoms with Gasteiger partial charge in [-0.2, -0.15) is 0 Å².